The first-order chi connectivity index (χ1) is 9.61. The van der Waals surface area contributed by atoms with Gasteiger partial charge in [-0.3, -0.25) is 4.79 Å². The van der Waals surface area contributed by atoms with E-state index in [4.69, 9.17) is 0 Å². The number of amides is 1. The molecule has 0 aliphatic rings. The summed E-state index contributed by atoms with van der Waals surface area (Å²) in [7, 11) is 1.71. The predicted octanol–water partition coefficient (Wildman–Crippen LogP) is 2.94. The molecule has 3 nitrogen and oxygen atoms in total. The number of nitrogens with one attached hydrogen (secondary N) is 2. The average molecular weight is 276 g/mol. The molecule has 1 amide bonds. The molecule has 0 atom stereocenters. The Labute approximate surface area is 115 Å². The van der Waals surface area contributed by atoms with Crippen molar-refractivity contribution in [2.24, 2.45) is 0 Å². The summed E-state index contributed by atoms with van der Waals surface area (Å²) in [6.07, 6.45) is 0. The number of carbonyl (C=O) groups is 1. The van der Waals surface area contributed by atoms with E-state index < -0.39 is 11.6 Å². The second-order valence-corrected chi connectivity index (χ2v) is 4.21. The van der Waals surface area contributed by atoms with Gasteiger partial charge in [0.1, 0.15) is 11.6 Å². The summed E-state index contributed by atoms with van der Waals surface area (Å²) in [5, 5.41) is 5.47. The molecule has 0 aliphatic carbocycles. The molecule has 0 unspecified atom stereocenters. The van der Waals surface area contributed by atoms with Crippen LogP contribution < -0.4 is 10.6 Å². The van der Waals surface area contributed by atoms with Crippen LogP contribution in [0.15, 0.2) is 42.5 Å². The van der Waals surface area contributed by atoms with Crippen molar-refractivity contribution in [3.05, 3.63) is 65.2 Å². The van der Waals surface area contributed by atoms with Gasteiger partial charge in [-0.25, -0.2) is 8.78 Å². The van der Waals surface area contributed by atoms with Crippen molar-refractivity contribution in [3.63, 3.8) is 0 Å². The molecular formula is C15H14F2N2O. The van der Waals surface area contributed by atoms with Crippen molar-refractivity contribution in [1.82, 2.24) is 5.32 Å². The van der Waals surface area contributed by atoms with Gasteiger partial charge in [0.25, 0.3) is 5.91 Å². The summed E-state index contributed by atoms with van der Waals surface area (Å²) in [5.74, 6) is -1.43. The first kappa shape index (κ1) is 14.0. The molecule has 2 aromatic rings. The van der Waals surface area contributed by atoms with E-state index in [1.807, 2.05) is 0 Å². The molecule has 104 valence electrons. The lowest BCUT2D eigenvalue weighted by molar-refractivity contribution is 0.0951. The summed E-state index contributed by atoms with van der Waals surface area (Å²) in [6.45, 7) is -0.0690. The lowest BCUT2D eigenvalue weighted by atomic mass is 10.1. The molecule has 2 rings (SSSR count). The number of hydrogen-bond donors (Lipinski definition) is 2. The van der Waals surface area contributed by atoms with E-state index in [1.165, 1.54) is 0 Å². The Morgan fingerprint density at radius 3 is 2.65 bits per heavy atom. The summed E-state index contributed by atoms with van der Waals surface area (Å²) in [5.41, 5.74) is 1.23. The van der Waals surface area contributed by atoms with Gasteiger partial charge in [0.15, 0.2) is 0 Å². The first-order valence-electron chi connectivity index (χ1n) is 6.10. The van der Waals surface area contributed by atoms with Crippen LogP contribution in [-0.2, 0) is 6.54 Å². The zero-order chi connectivity index (χ0) is 14.5. The molecule has 2 aromatic carbocycles. The van der Waals surface area contributed by atoms with Gasteiger partial charge in [-0.2, -0.15) is 0 Å². The topological polar surface area (TPSA) is 41.1 Å². The number of para-hydroxylation sites is 1. The fraction of sp³-hybridized carbons (Fsp3) is 0.133. The van der Waals surface area contributed by atoms with Gasteiger partial charge in [0.2, 0.25) is 0 Å². The van der Waals surface area contributed by atoms with Crippen molar-refractivity contribution >= 4 is 11.6 Å². The van der Waals surface area contributed by atoms with Crippen molar-refractivity contribution in [3.8, 4) is 0 Å². The van der Waals surface area contributed by atoms with Gasteiger partial charge in [-0.15, -0.1) is 0 Å². The Kier molecular flexibility index (Phi) is 4.30. The molecule has 0 saturated carbocycles. The van der Waals surface area contributed by atoms with Gasteiger partial charge in [-0.1, -0.05) is 12.1 Å². The predicted molar refractivity (Wildman–Crippen MR) is 73.5 cm³/mol. The molecule has 0 fully saturated rings. The molecule has 20 heavy (non-hydrogen) atoms. The normalized spacial score (nSPS) is 10.2. The van der Waals surface area contributed by atoms with Gasteiger partial charge in [0, 0.05) is 24.8 Å². The van der Waals surface area contributed by atoms with Crippen LogP contribution >= 0.6 is 0 Å². The van der Waals surface area contributed by atoms with E-state index in [0.717, 1.165) is 18.2 Å². The van der Waals surface area contributed by atoms with Gasteiger partial charge >= 0.3 is 0 Å². The van der Waals surface area contributed by atoms with Crippen LogP contribution in [0.1, 0.15) is 15.9 Å². The van der Waals surface area contributed by atoms with Crippen molar-refractivity contribution < 1.29 is 13.6 Å². The highest BCUT2D eigenvalue weighted by molar-refractivity contribution is 5.99. The average Bonchev–Trinajstić information content (AvgIpc) is 2.47. The van der Waals surface area contributed by atoms with Crippen LogP contribution in [0.2, 0.25) is 0 Å². The molecule has 0 aliphatic heterocycles. The number of halogens is 2. The molecule has 0 bridgehead atoms. The largest absolute Gasteiger partial charge is 0.387 e. The van der Waals surface area contributed by atoms with Crippen LogP contribution in [0.4, 0.5) is 14.5 Å². The van der Waals surface area contributed by atoms with Gasteiger partial charge in [-0.05, 0) is 30.3 Å². The molecule has 0 spiro atoms. The smallest absolute Gasteiger partial charge is 0.253 e. The minimum atomic E-state index is -0.548. The van der Waals surface area contributed by atoms with E-state index in [9.17, 15) is 13.6 Å². The van der Waals surface area contributed by atoms with Gasteiger partial charge in [0.05, 0.1) is 5.56 Å². The molecule has 0 aromatic heterocycles. The maximum Gasteiger partial charge on any atom is 0.253 e. The van der Waals surface area contributed by atoms with Crippen LogP contribution in [-0.4, -0.2) is 13.0 Å². The zero-order valence-corrected chi connectivity index (χ0v) is 10.9. The quantitative estimate of drug-likeness (QED) is 0.901. The number of carbonyl (C=O) groups excluding carboxylic acids is 1. The Morgan fingerprint density at radius 2 is 1.90 bits per heavy atom. The maximum atomic E-state index is 13.4. The van der Waals surface area contributed by atoms with Crippen LogP contribution in [0, 0.1) is 11.6 Å². The summed E-state index contributed by atoms with van der Waals surface area (Å²) >= 11 is 0. The fourth-order valence-corrected chi connectivity index (χ4v) is 1.85. The van der Waals surface area contributed by atoms with Crippen molar-refractivity contribution in [2.45, 2.75) is 6.54 Å². The molecule has 0 saturated heterocycles. The second-order valence-electron chi connectivity index (χ2n) is 4.21. The third-order valence-electron chi connectivity index (χ3n) is 2.89. The lowest BCUT2D eigenvalue weighted by Gasteiger charge is -2.10. The zero-order valence-electron chi connectivity index (χ0n) is 10.9. The van der Waals surface area contributed by atoms with Crippen LogP contribution in [0.3, 0.4) is 0 Å². The van der Waals surface area contributed by atoms with Crippen LogP contribution in [0.25, 0.3) is 0 Å². The van der Waals surface area contributed by atoms with Crippen LogP contribution in [0.5, 0.6) is 0 Å². The van der Waals surface area contributed by atoms with Crippen molar-refractivity contribution in [2.75, 3.05) is 12.4 Å². The summed E-state index contributed by atoms with van der Waals surface area (Å²) < 4.78 is 26.5. The van der Waals surface area contributed by atoms with E-state index >= 15 is 0 Å². The summed E-state index contributed by atoms with van der Waals surface area (Å²) in [4.78, 5) is 12.0. The molecule has 5 heteroatoms. The Morgan fingerprint density at radius 1 is 1.15 bits per heavy atom. The first-order valence-corrected chi connectivity index (χ1v) is 6.10. The molecular weight excluding hydrogens is 262 g/mol. The Hall–Kier alpha value is -2.43. The van der Waals surface area contributed by atoms with Gasteiger partial charge < -0.3 is 10.6 Å². The summed E-state index contributed by atoms with van der Waals surface area (Å²) in [6, 6.07) is 10.1. The van der Waals surface area contributed by atoms with E-state index in [2.05, 4.69) is 10.6 Å². The Balaban J connectivity index is 2.11. The number of hydrogen-bond acceptors (Lipinski definition) is 2. The molecule has 0 radical (unpaired) electrons. The third kappa shape index (κ3) is 3.12. The number of benzene rings is 2. The molecule has 0 heterocycles. The minimum Gasteiger partial charge on any atom is -0.387 e. The highest BCUT2D eigenvalue weighted by Crippen LogP contribution is 2.14. The van der Waals surface area contributed by atoms with Crippen molar-refractivity contribution in [1.29, 1.82) is 0 Å². The highest BCUT2D eigenvalue weighted by atomic mass is 19.1. The Bertz CT molecular complexity index is 629. The highest BCUT2D eigenvalue weighted by Gasteiger charge is 2.11. The second kappa shape index (κ2) is 6.14. The monoisotopic (exact) mass is 276 g/mol. The molecule has 2 N–H and O–H groups in total. The van der Waals surface area contributed by atoms with E-state index in [-0.39, 0.29) is 18.0 Å². The van der Waals surface area contributed by atoms with E-state index in [1.54, 1.807) is 31.3 Å². The lowest BCUT2D eigenvalue weighted by Crippen LogP contribution is -2.24. The minimum absolute atomic E-state index is 0.0690. The third-order valence-corrected chi connectivity index (χ3v) is 2.89. The standard InChI is InChI=1S/C15H14F2N2O/c1-18-14-5-3-2-4-12(14)15(20)19-9-10-8-11(16)6-7-13(10)17/h2-8,18H,9H2,1H3,(H,19,20). The SMILES string of the molecule is CNc1ccccc1C(=O)NCc1cc(F)ccc1F. The number of anilines is 1. The number of rotatable bonds is 4. The maximum absolute atomic E-state index is 13.4. The van der Waals surface area contributed by atoms with E-state index in [0.29, 0.717) is 11.3 Å². The fourth-order valence-electron chi connectivity index (χ4n) is 1.85.